The second-order valence-corrected chi connectivity index (χ2v) is 5.03. The Labute approximate surface area is 117 Å². The van der Waals surface area contributed by atoms with Gasteiger partial charge in [0.25, 0.3) is 0 Å². The van der Waals surface area contributed by atoms with Crippen LogP contribution in [0.5, 0.6) is 11.5 Å². The second-order valence-electron chi connectivity index (χ2n) is 3.22. The van der Waals surface area contributed by atoms with E-state index in [1.54, 1.807) is 20.3 Å². The topological polar surface area (TPSA) is 27.7 Å². The molecular weight excluding hydrogens is 280 g/mol. The Morgan fingerprint density at radius 3 is 2.47 bits per heavy atom. The Balaban J connectivity index is 2.95. The summed E-state index contributed by atoms with van der Waals surface area (Å²) in [4.78, 5) is 0. The molecule has 0 aliphatic carbocycles. The Kier molecular flexibility index (Phi) is 6.33. The van der Waals surface area contributed by atoms with Gasteiger partial charge < -0.3 is 14.2 Å². The average Bonchev–Trinajstić information content (AvgIpc) is 2.29. The second kappa shape index (κ2) is 7.26. The summed E-state index contributed by atoms with van der Waals surface area (Å²) in [5, 5.41) is 0.470. The molecule has 6 heteroatoms. The molecule has 0 spiro atoms. The van der Waals surface area contributed by atoms with E-state index in [9.17, 15) is 0 Å². The summed E-state index contributed by atoms with van der Waals surface area (Å²) >= 11 is 14.6. The van der Waals surface area contributed by atoms with E-state index in [1.807, 2.05) is 6.07 Å². The van der Waals surface area contributed by atoms with Gasteiger partial charge in [0, 0.05) is 7.11 Å². The SMILES string of the molecule is COCCOc1ccc(C(S)S)c(Cl)c1OC. The zero-order chi connectivity index (χ0) is 12.8. The van der Waals surface area contributed by atoms with Gasteiger partial charge >= 0.3 is 0 Å². The Morgan fingerprint density at radius 2 is 1.94 bits per heavy atom. The van der Waals surface area contributed by atoms with Crippen molar-refractivity contribution < 1.29 is 14.2 Å². The lowest BCUT2D eigenvalue weighted by molar-refractivity contribution is 0.144. The van der Waals surface area contributed by atoms with Crippen molar-refractivity contribution in [2.75, 3.05) is 27.4 Å². The molecule has 0 radical (unpaired) electrons. The molecule has 17 heavy (non-hydrogen) atoms. The quantitative estimate of drug-likeness (QED) is 0.479. The molecule has 1 aromatic rings. The molecule has 0 heterocycles. The van der Waals surface area contributed by atoms with E-state index in [0.29, 0.717) is 29.7 Å². The molecule has 0 saturated heterocycles. The first-order chi connectivity index (χ1) is 8.11. The third-order valence-corrected chi connectivity index (χ3v) is 3.06. The lowest BCUT2D eigenvalue weighted by atomic mass is 10.2. The van der Waals surface area contributed by atoms with Crippen molar-refractivity contribution in [3.8, 4) is 11.5 Å². The zero-order valence-electron chi connectivity index (χ0n) is 9.64. The van der Waals surface area contributed by atoms with Gasteiger partial charge in [-0.15, -0.1) is 0 Å². The van der Waals surface area contributed by atoms with Gasteiger partial charge in [0.15, 0.2) is 11.5 Å². The van der Waals surface area contributed by atoms with Crippen LogP contribution in [0.3, 0.4) is 0 Å². The zero-order valence-corrected chi connectivity index (χ0v) is 12.2. The van der Waals surface area contributed by atoms with Crippen molar-refractivity contribution in [3.05, 3.63) is 22.7 Å². The maximum absolute atomic E-state index is 6.19. The van der Waals surface area contributed by atoms with Gasteiger partial charge in [-0.1, -0.05) is 17.7 Å². The monoisotopic (exact) mass is 294 g/mol. The van der Waals surface area contributed by atoms with Crippen LogP contribution in [-0.4, -0.2) is 27.4 Å². The van der Waals surface area contributed by atoms with Crippen molar-refractivity contribution in [2.45, 2.75) is 4.58 Å². The maximum Gasteiger partial charge on any atom is 0.179 e. The van der Waals surface area contributed by atoms with Gasteiger partial charge in [0.05, 0.1) is 23.3 Å². The van der Waals surface area contributed by atoms with Crippen molar-refractivity contribution in [3.63, 3.8) is 0 Å². The van der Waals surface area contributed by atoms with Gasteiger partial charge in [-0.05, 0) is 11.6 Å². The van der Waals surface area contributed by atoms with E-state index in [4.69, 9.17) is 25.8 Å². The average molecular weight is 295 g/mol. The molecule has 0 aliphatic heterocycles. The third kappa shape index (κ3) is 3.88. The van der Waals surface area contributed by atoms with Gasteiger partial charge in [-0.25, -0.2) is 0 Å². The van der Waals surface area contributed by atoms with E-state index in [1.165, 1.54) is 0 Å². The Bertz CT molecular complexity index is 372. The van der Waals surface area contributed by atoms with Crippen LogP contribution < -0.4 is 9.47 Å². The number of methoxy groups -OCH3 is 2. The van der Waals surface area contributed by atoms with Crippen LogP contribution in [0.2, 0.25) is 5.02 Å². The van der Waals surface area contributed by atoms with Crippen molar-refractivity contribution in [1.82, 2.24) is 0 Å². The van der Waals surface area contributed by atoms with Crippen molar-refractivity contribution in [2.24, 2.45) is 0 Å². The van der Waals surface area contributed by atoms with Gasteiger partial charge in [-0.2, -0.15) is 25.3 Å². The molecule has 96 valence electrons. The van der Waals surface area contributed by atoms with Crippen LogP contribution in [-0.2, 0) is 4.74 Å². The van der Waals surface area contributed by atoms with E-state index < -0.39 is 0 Å². The highest BCUT2D eigenvalue weighted by atomic mass is 35.5. The molecule has 0 aliphatic rings. The summed E-state index contributed by atoms with van der Waals surface area (Å²) in [6, 6.07) is 3.60. The summed E-state index contributed by atoms with van der Waals surface area (Å²) in [5.74, 6) is 1.08. The van der Waals surface area contributed by atoms with E-state index in [-0.39, 0.29) is 4.58 Å². The first-order valence-corrected chi connectivity index (χ1v) is 6.37. The van der Waals surface area contributed by atoms with Crippen molar-refractivity contribution in [1.29, 1.82) is 0 Å². The number of ether oxygens (including phenoxy) is 3. The highest BCUT2D eigenvalue weighted by Gasteiger charge is 2.16. The third-order valence-electron chi connectivity index (χ3n) is 2.12. The first-order valence-electron chi connectivity index (χ1n) is 4.96. The van der Waals surface area contributed by atoms with Gasteiger partial charge in [0.1, 0.15) is 6.61 Å². The van der Waals surface area contributed by atoms with Crippen LogP contribution in [0.4, 0.5) is 0 Å². The fourth-order valence-corrected chi connectivity index (χ4v) is 2.22. The van der Waals surface area contributed by atoms with Crippen molar-refractivity contribution >= 4 is 36.9 Å². The number of rotatable bonds is 6. The predicted molar refractivity (Wildman–Crippen MR) is 76.1 cm³/mol. The van der Waals surface area contributed by atoms with E-state index >= 15 is 0 Å². The standard InChI is InChI=1S/C11H15ClO3S2/c1-13-5-6-15-8-4-3-7(11(16)17)9(12)10(8)14-2/h3-4,11,16-17H,5-6H2,1-2H3. The van der Waals surface area contributed by atoms with Gasteiger partial charge in [-0.3, -0.25) is 0 Å². The van der Waals surface area contributed by atoms with Crippen LogP contribution in [0.15, 0.2) is 12.1 Å². The molecule has 1 aromatic carbocycles. The summed E-state index contributed by atoms with van der Waals surface area (Å²) in [5.41, 5.74) is 0.786. The molecular formula is C11H15ClO3S2. The molecule has 0 saturated carbocycles. The number of benzene rings is 1. The highest BCUT2D eigenvalue weighted by Crippen LogP contribution is 2.42. The summed E-state index contributed by atoms with van der Waals surface area (Å²) < 4.78 is 15.4. The molecule has 0 aromatic heterocycles. The van der Waals surface area contributed by atoms with E-state index in [0.717, 1.165) is 5.56 Å². The minimum atomic E-state index is -0.260. The largest absolute Gasteiger partial charge is 0.491 e. The van der Waals surface area contributed by atoms with Crippen LogP contribution >= 0.6 is 36.9 Å². The minimum absolute atomic E-state index is 0.260. The Morgan fingerprint density at radius 1 is 1.24 bits per heavy atom. The summed E-state index contributed by atoms with van der Waals surface area (Å²) in [6.45, 7) is 0.942. The number of thiol groups is 2. The van der Waals surface area contributed by atoms with Crippen LogP contribution in [0, 0.1) is 0 Å². The lowest BCUT2D eigenvalue weighted by Crippen LogP contribution is -2.05. The lowest BCUT2D eigenvalue weighted by Gasteiger charge is -2.15. The smallest absolute Gasteiger partial charge is 0.179 e. The fraction of sp³-hybridized carbons (Fsp3) is 0.455. The summed E-state index contributed by atoms with van der Waals surface area (Å²) in [7, 11) is 3.16. The molecule has 0 unspecified atom stereocenters. The molecule has 0 fully saturated rings. The van der Waals surface area contributed by atoms with Gasteiger partial charge in [0.2, 0.25) is 0 Å². The van der Waals surface area contributed by atoms with E-state index in [2.05, 4.69) is 25.3 Å². The molecule has 3 nitrogen and oxygen atoms in total. The number of halogens is 1. The number of hydrogen-bond donors (Lipinski definition) is 2. The molecule has 0 N–H and O–H groups in total. The highest BCUT2D eigenvalue weighted by molar-refractivity contribution is 7.98. The fourth-order valence-electron chi connectivity index (χ4n) is 1.29. The predicted octanol–water partition coefficient (Wildman–Crippen LogP) is 3.23. The molecule has 0 amide bonds. The first kappa shape index (κ1) is 14.8. The molecule has 1 rings (SSSR count). The maximum atomic E-state index is 6.19. The minimum Gasteiger partial charge on any atom is -0.491 e. The summed E-state index contributed by atoms with van der Waals surface area (Å²) in [6.07, 6.45) is 0. The van der Waals surface area contributed by atoms with Crippen LogP contribution in [0.1, 0.15) is 10.1 Å². The molecule has 0 atom stereocenters. The number of hydrogen-bond acceptors (Lipinski definition) is 5. The molecule has 0 bridgehead atoms. The Hall–Kier alpha value is -0.230. The normalized spacial score (nSPS) is 10.7. The van der Waals surface area contributed by atoms with Crippen LogP contribution in [0.25, 0.3) is 0 Å².